The second-order valence-corrected chi connectivity index (χ2v) is 31.0. The van der Waals surface area contributed by atoms with Crippen molar-refractivity contribution in [2.45, 2.75) is 5.41 Å². The molecule has 0 saturated heterocycles. The molecule has 538 valence electrons. The molecule has 1 aliphatic carbocycles. The topological polar surface area (TPSA) is 59.0 Å². The molecule has 0 bridgehead atoms. The van der Waals surface area contributed by atoms with E-state index in [1.165, 1.54) is 22.3 Å². The largest absolute Gasteiger partial charge is 0.455 e. The molecule has 0 atom stereocenters. The predicted molar refractivity (Wildman–Crippen MR) is 479 cm³/mol. The highest BCUT2D eigenvalue weighted by Crippen LogP contribution is 2.61. The lowest BCUT2D eigenvalue weighted by Crippen LogP contribution is -2.61. The second-order valence-electron chi connectivity index (χ2n) is 31.0. The number of benzene rings is 18. The molecule has 0 saturated carbocycles. The van der Waals surface area contributed by atoms with Gasteiger partial charge in [0.25, 0.3) is 6.71 Å². The van der Waals surface area contributed by atoms with E-state index in [4.69, 9.17) is 17.7 Å². The van der Waals surface area contributed by atoms with Crippen molar-refractivity contribution >= 4 is 145 Å². The van der Waals surface area contributed by atoms with E-state index >= 15 is 0 Å². The number of anilines is 6. The summed E-state index contributed by atoms with van der Waals surface area (Å²) < 4.78 is 29.2. The van der Waals surface area contributed by atoms with E-state index in [2.05, 4.69) is 404 Å². The van der Waals surface area contributed by atoms with Gasteiger partial charge in [-0.15, -0.1) is 0 Å². The summed E-state index contributed by atoms with van der Waals surface area (Å²) in [6.45, 7) is -0.406. The fourth-order valence-corrected chi connectivity index (χ4v) is 20.3. The third-order valence-electron chi connectivity index (χ3n) is 25.2. The van der Waals surface area contributed by atoms with Gasteiger partial charge in [-0.3, -0.25) is 0 Å². The van der Waals surface area contributed by atoms with Crippen molar-refractivity contribution in [1.82, 2.24) is 0 Å². The summed E-state index contributed by atoms with van der Waals surface area (Å²) in [5.41, 5.74) is 34.3. The highest BCUT2D eigenvalue weighted by Gasteiger charge is 2.51. The predicted octanol–water partition coefficient (Wildman–Crippen LogP) is 27.7. The maximum atomic E-state index is 7.29. The van der Waals surface area contributed by atoms with Crippen LogP contribution in [0, 0.1) is 0 Å². The van der Waals surface area contributed by atoms with Gasteiger partial charge in [-0.1, -0.05) is 346 Å². The monoisotopic (exact) mass is 1480 g/mol. The van der Waals surface area contributed by atoms with E-state index in [1.54, 1.807) is 0 Å². The van der Waals surface area contributed by atoms with Crippen molar-refractivity contribution in [2.24, 2.45) is 0 Å². The van der Waals surface area contributed by atoms with Gasteiger partial charge in [-0.2, -0.15) is 0 Å². The van der Waals surface area contributed by atoms with Crippen LogP contribution in [0.15, 0.2) is 412 Å². The zero-order valence-corrected chi connectivity index (χ0v) is 62.6. The first-order valence-corrected chi connectivity index (χ1v) is 39.9. The van der Waals surface area contributed by atoms with Crippen LogP contribution in [0.5, 0.6) is 0 Å². The van der Waals surface area contributed by atoms with Crippen molar-refractivity contribution < 1.29 is 17.7 Å². The van der Waals surface area contributed by atoms with Gasteiger partial charge >= 0.3 is 0 Å². The van der Waals surface area contributed by atoms with Crippen LogP contribution in [0.25, 0.3) is 166 Å². The van der Waals surface area contributed by atoms with Crippen LogP contribution in [-0.4, -0.2) is 6.71 Å². The number of rotatable bonds is 10. The molecule has 22 aromatic rings. The summed E-state index contributed by atoms with van der Waals surface area (Å²) in [5.74, 6) is 0. The number of fused-ring (bicyclic) bond motifs is 19. The van der Waals surface area contributed by atoms with Crippen LogP contribution in [0.4, 0.5) is 34.1 Å². The lowest BCUT2D eigenvalue weighted by atomic mass is 9.33. The van der Waals surface area contributed by atoms with Gasteiger partial charge in [0.05, 0.1) is 16.8 Å². The molecule has 0 amide bonds. The van der Waals surface area contributed by atoms with Crippen molar-refractivity contribution in [1.29, 1.82) is 0 Å². The Morgan fingerprint density at radius 2 is 0.500 bits per heavy atom. The minimum absolute atomic E-state index is 0.406. The Morgan fingerprint density at radius 3 is 0.871 bits per heavy atom. The molecular weight excluding hydrogens is 1410 g/mol. The molecular formula is C109H65BN2O4. The zero-order valence-electron chi connectivity index (χ0n) is 62.6. The standard InChI is InChI=1S/C109H65BN2O4/c1-4-28-66(29-5-1)68-58-60-94-92(62-68)110-93-63-69(67-30-6-2-7-31-67)59-61-95(93)112(104-80(88-50-26-46-84-76-38-14-20-56-100(76)115-107(84)88)42-23-43-81(104)89-51-27-47-85-77-39-15-21-57-101(77)116-108(85)89)97-65-71(109(70-32-8-3-9-33-70)90-52-16-10-34-72(90)73-35-11-17-53-91(73)109)64-96(102(97)110)111(94)103-78(86-48-24-44-82-74-36-12-18-54-98(74)113-105(82)86)40-22-41-79(103)87-49-25-45-83-75-37-13-19-55-99(75)114-106(83)87/h1-65H. The molecule has 116 heavy (non-hydrogen) atoms. The average Bonchev–Trinajstić information content (AvgIpc) is 1.15. The van der Waals surface area contributed by atoms with Crippen molar-refractivity contribution in [3.8, 4) is 77.9 Å². The minimum atomic E-state index is -0.925. The maximum Gasteiger partial charge on any atom is 0.252 e. The van der Waals surface area contributed by atoms with Gasteiger partial charge < -0.3 is 27.5 Å². The highest BCUT2D eigenvalue weighted by atomic mass is 16.3. The summed E-state index contributed by atoms with van der Waals surface area (Å²) in [4.78, 5) is 5.34. The smallest absolute Gasteiger partial charge is 0.252 e. The van der Waals surface area contributed by atoms with Gasteiger partial charge in [0.15, 0.2) is 0 Å². The number of hydrogen-bond donors (Lipinski definition) is 0. The lowest BCUT2D eigenvalue weighted by Gasteiger charge is -2.47. The van der Waals surface area contributed by atoms with E-state index in [0.29, 0.717) is 0 Å². The van der Waals surface area contributed by atoms with E-state index in [0.717, 1.165) is 216 Å². The van der Waals surface area contributed by atoms with Crippen molar-refractivity contribution in [3.05, 3.63) is 417 Å². The molecule has 6 heterocycles. The summed E-state index contributed by atoms with van der Waals surface area (Å²) in [6.07, 6.45) is 0. The third kappa shape index (κ3) is 9.19. The molecule has 2 aliphatic heterocycles. The Hall–Kier alpha value is -15.2. The third-order valence-corrected chi connectivity index (χ3v) is 25.2. The Bertz CT molecular complexity index is 7180. The molecule has 0 N–H and O–H groups in total. The van der Waals surface area contributed by atoms with Gasteiger partial charge in [0, 0.05) is 110 Å². The summed E-state index contributed by atoms with van der Waals surface area (Å²) in [6, 6.07) is 146. The summed E-state index contributed by atoms with van der Waals surface area (Å²) >= 11 is 0. The summed E-state index contributed by atoms with van der Waals surface area (Å²) in [7, 11) is 0. The fourth-order valence-electron chi connectivity index (χ4n) is 20.3. The lowest BCUT2D eigenvalue weighted by molar-refractivity contribution is 0.669. The van der Waals surface area contributed by atoms with E-state index < -0.39 is 12.1 Å². The van der Waals surface area contributed by atoms with E-state index in [9.17, 15) is 0 Å². The van der Waals surface area contributed by atoms with Gasteiger partial charge in [0.1, 0.15) is 44.7 Å². The Labute approximate surface area is 667 Å². The molecule has 0 fully saturated rings. The second kappa shape index (κ2) is 24.9. The first-order valence-electron chi connectivity index (χ1n) is 39.9. The minimum Gasteiger partial charge on any atom is -0.455 e. The van der Waals surface area contributed by atoms with Gasteiger partial charge in [-0.05, 0) is 121 Å². The maximum absolute atomic E-state index is 7.29. The number of furan rings is 4. The SMILES string of the molecule is c1ccc(-c2ccc3c(c2)B2c4cc(-c5ccccc5)ccc4N(c4c(-c5cccc6c5oc5ccccc56)cccc4-c4cccc5c4oc4ccccc45)c4cc(C5(c6ccccc6)c6ccccc6-c6ccccc65)cc(c42)N3c2c(-c3cccc4c3oc3ccccc34)cccc2-c2cccc3c2oc2ccccc23)cc1. The van der Waals surface area contributed by atoms with Crippen molar-refractivity contribution in [2.75, 3.05) is 9.80 Å². The van der Waals surface area contributed by atoms with Crippen LogP contribution in [-0.2, 0) is 5.41 Å². The molecule has 3 aliphatic rings. The van der Waals surface area contributed by atoms with Crippen LogP contribution >= 0.6 is 0 Å². The molecule has 18 aromatic carbocycles. The van der Waals surface area contributed by atoms with Crippen molar-refractivity contribution in [3.63, 3.8) is 0 Å². The molecule has 25 rings (SSSR count). The van der Waals surface area contributed by atoms with Gasteiger partial charge in [-0.25, -0.2) is 0 Å². The molecule has 4 aromatic heterocycles. The zero-order chi connectivity index (χ0) is 75.8. The summed E-state index contributed by atoms with van der Waals surface area (Å²) in [5, 5.41) is 8.37. The fraction of sp³-hybridized carbons (Fsp3) is 0.00917. The molecule has 0 spiro atoms. The number of nitrogens with zero attached hydrogens (tertiary/aromatic N) is 2. The first-order chi connectivity index (χ1) is 57.6. The van der Waals surface area contributed by atoms with Gasteiger partial charge in [0.2, 0.25) is 0 Å². The quantitative estimate of drug-likeness (QED) is 0.127. The Balaban J connectivity index is 0.899. The van der Waals surface area contributed by atoms with Crippen LogP contribution in [0.3, 0.4) is 0 Å². The van der Waals surface area contributed by atoms with Crippen LogP contribution in [0.2, 0.25) is 0 Å². The van der Waals surface area contributed by atoms with Crippen LogP contribution < -0.4 is 26.2 Å². The van der Waals surface area contributed by atoms with Crippen LogP contribution in [0.1, 0.15) is 22.3 Å². The molecule has 7 heteroatoms. The normalized spacial score (nSPS) is 13.2. The Morgan fingerprint density at radius 1 is 0.207 bits per heavy atom. The number of para-hydroxylation sites is 10. The molecule has 0 unspecified atom stereocenters. The number of hydrogen-bond acceptors (Lipinski definition) is 6. The van der Waals surface area contributed by atoms with E-state index in [1.807, 2.05) is 0 Å². The Kier molecular flexibility index (Phi) is 13.8. The molecule has 6 nitrogen and oxygen atoms in total. The van der Waals surface area contributed by atoms with E-state index in [-0.39, 0.29) is 0 Å². The first kappa shape index (κ1) is 64.5. The average molecular weight is 1480 g/mol. The molecule has 0 radical (unpaired) electrons. The highest BCUT2D eigenvalue weighted by molar-refractivity contribution is 7.00.